The quantitative estimate of drug-likeness (QED) is 0.799. The van der Waals surface area contributed by atoms with Crippen molar-refractivity contribution in [3.05, 3.63) is 70.8 Å². The van der Waals surface area contributed by atoms with E-state index in [2.05, 4.69) is 20.8 Å². The van der Waals surface area contributed by atoms with E-state index in [0.717, 1.165) is 11.1 Å². The lowest BCUT2D eigenvalue weighted by Gasteiger charge is -2.08. The largest absolute Gasteiger partial charge is 0.345 e. The number of carbonyl (C=O) groups excluding carboxylic acids is 1. The number of halogens is 1. The maximum atomic E-state index is 13.0. The van der Waals surface area contributed by atoms with E-state index in [-0.39, 0.29) is 18.3 Å². The molecule has 0 spiro atoms. The fourth-order valence-electron chi connectivity index (χ4n) is 2.24. The lowest BCUT2D eigenvalue weighted by molar-refractivity contribution is 0.0949. The van der Waals surface area contributed by atoms with E-state index in [0.29, 0.717) is 17.1 Å². The lowest BCUT2D eigenvalue weighted by atomic mass is 10.1. The Hall–Kier alpha value is -3.09. The molecule has 122 valence electrons. The lowest BCUT2D eigenvalue weighted by Crippen LogP contribution is -2.24. The van der Waals surface area contributed by atoms with Gasteiger partial charge in [0.05, 0.1) is 12.2 Å². The van der Waals surface area contributed by atoms with Crippen LogP contribution in [0.5, 0.6) is 0 Å². The number of hydrogen-bond acceptors (Lipinski definition) is 4. The van der Waals surface area contributed by atoms with Crippen LogP contribution in [0.25, 0.3) is 5.69 Å². The molecule has 1 N–H and O–H groups in total. The SMILES string of the molecule is Cc1ccc(C(=O)NCc2nnnn2-c2ccc(F)cc2)cc1C. The van der Waals surface area contributed by atoms with Gasteiger partial charge >= 0.3 is 0 Å². The van der Waals surface area contributed by atoms with Crippen molar-refractivity contribution in [3.8, 4) is 5.69 Å². The third kappa shape index (κ3) is 3.29. The van der Waals surface area contributed by atoms with Gasteiger partial charge in [-0.3, -0.25) is 4.79 Å². The van der Waals surface area contributed by atoms with Gasteiger partial charge in [-0.15, -0.1) is 5.10 Å². The highest BCUT2D eigenvalue weighted by atomic mass is 19.1. The molecule has 1 amide bonds. The molecule has 0 radical (unpaired) electrons. The third-order valence-electron chi connectivity index (χ3n) is 3.78. The molecule has 0 saturated carbocycles. The van der Waals surface area contributed by atoms with Crippen LogP contribution in [0.1, 0.15) is 27.3 Å². The predicted molar refractivity (Wildman–Crippen MR) is 86.2 cm³/mol. The van der Waals surface area contributed by atoms with E-state index < -0.39 is 0 Å². The van der Waals surface area contributed by atoms with Crippen molar-refractivity contribution in [2.24, 2.45) is 0 Å². The molecule has 0 fully saturated rings. The molecule has 6 nitrogen and oxygen atoms in total. The Morgan fingerprint density at radius 1 is 1.12 bits per heavy atom. The molecule has 1 aromatic heterocycles. The number of aromatic nitrogens is 4. The van der Waals surface area contributed by atoms with Crippen LogP contribution in [0.15, 0.2) is 42.5 Å². The van der Waals surface area contributed by atoms with E-state index in [4.69, 9.17) is 0 Å². The van der Waals surface area contributed by atoms with Gasteiger partial charge in [0.15, 0.2) is 5.82 Å². The summed E-state index contributed by atoms with van der Waals surface area (Å²) < 4.78 is 14.5. The van der Waals surface area contributed by atoms with Gasteiger partial charge in [-0.05, 0) is 71.8 Å². The molecule has 2 aromatic carbocycles. The Bertz CT molecular complexity index is 873. The van der Waals surface area contributed by atoms with Crippen LogP contribution in [0.4, 0.5) is 4.39 Å². The summed E-state index contributed by atoms with van der Waals surface area (Å²) in [4.78, 5) is 12.3. The highest BCUT2D eigenvalue weighted by molar-refractivity contribution is 5.94. The number of tetrazole rings is 1. The summed E-state index contributed by atoms with van der Waals surface area (Å²) in [6.45, 7) is 4.12. The zero-order valence-corrected chi connectivity index (χ0v) is 13.3. The average molecular weight is 325 g/mol. The number of nitrogens with zero attached hydrogens (tertiary/aromatic N) is 4. The number of carbonyl (C=O) groups is 1. The van der Waals surface area contributed by atoms with Crippen molar-refractivity contribution in [3.63, 3.8) is 0 Å². The van der Waals surface area contributed by atoms with E-state index in [1.54, 1.807) is 18.2 Å². The summed E-state index contributed by atoms with van der Waals surface area (Å²) in [7, 11) is 0. The second kappa shape index (κ2) is 6.57. The standard InChI is InChI=1S/C17H16FN5O/c1-11-3-4-13(9-12(11)2)17(24)19-10-16-20-21-22-23(16)15-7-5-14(18)6-8-15/h3-9H,10H2,1-2H3,(H,19,24). The van der Waals surface area contributed by atoms with Crippen LogP contribution in [-0.4, -0.2) is 26.1 Å². The summed E-state index contributed by atoms with van der Waals surface area (Å²) in [5.74, 6) is -0.0815. The van der Waals surface area contributed by atoms with Crippen LogP contribution in [0, 0.1) is 19.7 Å². The molecule has 7 heteroatoms. The van der Waals surface area contributed by atoms with Crippen LogP contribution in [-0.2, 0) is 6.54 Å². The second-order valence-electron chi connectivity index (χ2n) is 5.47. The van der Waals surface area contributed by atoms with Crippen LogP contribution in [0.2, 0.25) is 0 Å². The summed E-state index contributed by atoms with van der Waals surface area (Å²) in [6, 6.07) is 11.3. The van der Waals surface area contributed by atoms with E-state index >= 15 is 0 Å². The molecular weight excluding hydrogens is 309 g/mol. The number of aryl methyl sites for hydroxylation is 2. The zero-order chi connectivity index (χ0) is 17.1. The highest BCUT2D eigenvalue weighted by Gasteiger charge is 2.11. The topological polar surface area (TPSA) is 72.7 Å². The van der Waals surface area contributed by atoms with Gasteiger partial charge in [-0.2, -0.15) is 4.68 Å². The zero-order valence-electron chi connectivity index (χ0n) is 13.3. The molecule has 0 aliphatic carbocycles. The maximum absolute atomic E-state index is 13.0. The van der Waals surface area contributed by atoms with E-state index in [9.17, 15) is 9.18 Å². The van der Waals surface area contributed by atoms with Crippen molar-refractivity contribution in [1.29, 1.82) is 0 Å². The van der Waals surface area contributed by atoms with Crippen molar-refractivity contribution < 1.29 is 9.18 Å². The van der Waals surface area contributed by atoms with Gasteiger partial charge < -0.3 is 5.32 Å². The van der Waals surface area contributed by atoms with Gasteiger partial charge in [0.2, 0.25) is 0 Å². The molecule has 0 saturated heterocycles. The smallest absolute Gasteiger partial charge is 0.251 e. The average Bonchev–Trinajstić information content (AvgIpc) is 3.04. The molecule has 0 bridgehead atoms. The number of amides is 1. The first-order chi connectivity index (χ1) is 11.5. The summed E-state index contributed by atoms with van der Waals surface area (Å²) >= 11 is 0. The first-order valence-corrected chi connectivity index (χ1v) is 7.43. The van der Waals surface area contributed by atoms with Gasteiger partial charge in [-0.1, -0.05) is 6.07 Å². The Kier molecular flexibility index (Phi) is 4.33. The molecule has 0 atom stereocenters. The first kappa shape index (κ1) is 15.8. The Balaban J connectivity index is 1.73. The summed E-state index contributed by atoms with van der Waals surface area (Å²) in [5, 5.41) is 14.2. The minimum atomic E-state index is -0.337. The van der Waals surface area contributed by atoms with Gasteiger partial charge in [0, 0.05) is 5.56 Å². The maximum Gasteiger partial charge on any atom is 0.251 e. The van der Waals surface area contributed by atoms with Crippen molar-refractivity contribution in [2.75, 3.05) is 0 Å². The molecule has 1 heterocycles. The molecule has 3 aromatic rings. The van der Waals surface area contributed by atoms with E-state index in [1.165, 1.54) is 16.8 Å². The van der Waals surface area contributed by atoms with Gasteiger partial charge in [-0.25, -0.2) is 4.39 Å². The molecule has 0 aliphatic heterocycles. The van der Waals surface area contributed by atoms with E-state index in [1.807, 2.05) is 26.0 Å². The minimum Gasteiger partial charge on any atom is -0.345 e. The number of rotatable bonds is 4. The number of hydrogen-bond donors (Lipinski definition) is 1. The summed E-state index contributed by atoms with van der Waals surface area (Å²) in [6.07, 6.45) is 0. The number of nitrogens with one attached hydrogen (secondary N) is 1. The Morgan fingerprint density at radius 2 is 1.88 bits per heavy atom. The minimum absolute atomic E-state index is 0.163. The number of benzene rings is 2. The third-order valence-corrected chi connectivity index (χ3v) is 3.78. The second-order valence-corrected chi connectivity index (χ2v) is 5.47. The molecule has 3 rings (SSSR count). The van der Waals surface area contributed by atoms with Gasteiger partial charge in [0.25, 0.3) is 5.91 Å². The Morgan fingerprint density at radius 3 is 2.58 bits per heavy atom. The molecule has 0 aliphatic rings. The van der Waals surface area contributed by atoms with Crippen LogP contribution < -0.4 is 5.32 Å². The fourth-order valence-corrected chi connectivity index (χ4v) is 2.24. The molecule has 0 unspecified atom stereocenters. The fraction of sp³-hybridized carbons (Fsp3) is 0.176. The van der Waals surface area contributed by atoms with Crippen molar-refractivity contribution in [2.45, 2.75) is 20.4 Å². The monoisotopic (exact) mass is 325 g/mol. The van der Waals surface area contributed by atoms with Crippen LogP contribution in [0.3, 0.4) is 0 Å². The molecule has 24 heavy (non-hydrogen) atoms. The van der Waals surface area contributed by atoms with Crippen LogP contribution >= 0.6 is 0 Å². The first-order valence-electron chi connectivity index (χ1n) is 7.43. The van der Waals surface area contributed by atoms with Crippen molar-refractivity contribution >= 4 is 5.91 Å². The highest BCUT2D eigenvalue weighted by Crippen LogP contribution is 2.11. The normalized spacial score (nSPS) is 10.6. The van der Waals surface area contributed by atoms with Gasteiger partial charge in [0.1, 0.15) is 5.82 Å². The Labute approximate surface area is 138 Å². The molecular formula is C17H16FN5O. The summed E-state index contributed by atoms with van der Waals surface area (Å²) in [5.41, 5.74) is 3.39. The predicted octanol–water partition coefficient (Wildman–Crippen LogP) is 2.35. The van der Waals surface area contributed by atoms with Crippen molar-refractivity contribution in [1.82, 2.24) is 25.5 Å².